The zero-order valence-electron chi connectivity index (χ0n) is 12.7. The number of imidazole rings is 1. The molecule has 2 aromatic rings. The van der Waals surface area contributed by atoms with Crippen LogP contribution in [0.4, 0.5) is 11.6 Å². The predicted molar refractivity (Wildman–Crippen MR) is 82.7 cm³/mol. The Morgan fingerprint density at radius 2 is 2.00 bits per heavy atom. The van der Waals surface area contributed by atoms with E-state index < -0.39 is 0 Å². The van der Waals surface area contributed by atoms with Gasteiger partial charge in [0, 0.05) is 19.0 Å². The topological polar surface area (TPSA) is 39.1 Å². The van der Waals surface area contributed by atoms with Crippen LogP contribution in [0, 0.1) is 6.92 Å². The number of rotatable bonds is 6. The van der Waals surface area contributed by atoms with Crippen molar-refractivity contribution in [2.45, 2.75) is 33.2 Å². The Hall–Kier alpha value is -1.81. The zero-order chi connectivity index (χ0) is 14.5. The molecular formula is C16H23N3O. The normalized spacial score (nSPS) is 12.4. The fraction of sp³-hybridized carbons (Fsp3) is 0.438. The maximum Gasteiger partial charge on any atom is 0.207 e. The Morgan fingerprint density at radius 1 is 1.30 bits per heavy atom. The number of methoxy groups -OCH3 is 1. The second kappa shape index (κ2) is 6.57. The van der Waals surface area contributed by atoms with E-state index in [0.717, 1.165) is 23.8 Å². The maximum absolute atomic E-state index is 5.23. The Morgan fingerprint density at radius 3 is 2.60 bits per heavy atom. The van der Waals surface area contributed by atoms with Gasteiger partial charge < -0.3 is 14.6 Å². The van der Waals surface area contributed by atoms with E-state index in [-0.39, 0.29) is 6.04 Å². The molecule has 4 nitrogen and oxygen atoms in total. The summed E-state index contributed by atoms with van der Waals surface area (Å²) in [6.07, 6.45) is 3.10. The van der Waals surface area contributed by atoms with Crippen LogP contribution >= 0.6 is 0 Å². The fourth-order valence-corrected chi connectivity index (χ4v) is 2.22. The molecule has 20 heavy (non-hydrogen) atoms. The maximum atomic E-state index is 5.23. The number of aryl methyl sites for hydroxylation is 2. The van der Waals surface area contributed by atoms with Gasteiger partial charge in [0.05, 0.1) is 18.3 Å². The average molecular weight is 273 g/mol. The fourth-order valence-electron chi connectivity index (χ4n) is 2.22. The highest BCUT2D eigenvalue weighted by Gasteiger charge is 2.11. The average Bonchev–Trinajstić information content (AvgIpc) is 2.81. The van der Waals surface area contributed by atoms with Gasteiger partial charge in [-0.25, -0.2) is 4.98 Å². The van der Waals surface area contributed by atoms with Crippen molar-refractivity contribution in [3.05, 3.63) is 41.7 Å². The van der Waals surface area contributed by atoms with Crippen molar-refractivity contribution >= 4 is 11.6 Å². The number of hydrogen-bond acceptors (Lipinski definition) is 3. The first-order chi connectivity index (χ1) is 9.63. The van der Waals surface area contributed by atoms with Crippen molar-refractivity contribution in [2.75, 3.05) is 19.0 Å². The molecule has 1 N–H and O–H groups in total. The molecule has 0 aliphatic carbocycles. The lowest BCUT2D eigenvalue weighted by atomic mass is 10.1. The van der Waals surface area contributed by atoms with E-state index in [1.165, 1.54) is 5.56 Å². The molecule has 0 spiro atoms. The van der Waals surface area contributed by atoms with Gasteiger partial charge in [-0.15, -0.1) is 0 Å². The molecule has 0 saturated carbocycles. The van der Waals surface area contributed by atoms with E-state index in [0.29, 0.717) is 6.61 Å². The van der Waals surface area contributed by atoms with Gasteiger partial charge in [-0.1, -0.05) is 19.1 Å². The van der Waals surface area contributed by atoms with Crippen LogP contribution in [-0.2, 0) is 11.2 Å². The Bertz CT molecular complexity index is 545. The molecule has 0 saturated heterocycles. The second-order valence-electron chi connectivity index (χ2n) is 5.09. The monoisotopic (exact) mass is 273 g/mol. The zero-order valence-corrected chi connectivity index (χ0v) is 12.7. The van der Waals surface area contributed by atoms with Crippen LogP contribution in [0.15, 0.2) is 30.5 Å². The first kappa shape index (κ1) is 14.6. The summed E-state index contributed by atoms with van der Waals surface area (Å²) in [7, 11) is 1.72. The molecule has 1 aromatic carbocycles. The number of aromatic nitrogens is 2. The van der Waals surface area contributed by atoms with Gasteiger partial charge >= 0.3 is 0 Å². The summed E-state index contributed by atoms with van der Waals surface area (Å²) in [6.45, 7) is 6.95. The highest BCUT2D eigenvalue weighted by molar-refractivity contribution is 5.54. The Kier molecular flexibility index (Phi) is 4.79. The number of ether oxygens (including phenoxy) is 1. The minimum Gasteiger partial charge on any atom is -0.383 e. The molecule has 1 unspecified atom stereocenters. The lowest BCUT2D eigenvalue weighted by Crippen LogP contribution is -2.12. The SMILES string of the molecule is CCc1ccc(Nc2nc(C)cn2C(C)COC)cc1. The molecule has 0 aliphatic rings. The van der Waals surface area contributed by atoms with Gasteiger partial charge in [-0.2, -0.15) is 0 Å². The third-order valence-electron chi connectivity index (χ3n) is 3.35. The number of nitrogens with zero attached hydrogens (tertiary/aromatic N) is 2. The summed E-state index contributed by atoms with van der Waals surface area (Å²) in [5, 5.41) is 3.38. The van der Waals surface area contributed by atoms with Gasteiger partial charge in [0.25, 0.3) is 0 Å². The molecule has 1 aromatic heterocycles. The lowest BCUT2D eigenvalue weighted by molar-refractivity contribution is 0.163. The third kappa shape index (κ3) is 3.39. The predicted octanol–water partition coefficient (Wildman–Crippen LogP) is 3.70. The highest BCUT2D eigenvalue weighted by atomic mass is 16.5. The van der Waals surface area contributed by atoms with Crippen LogP contribution in [0.3, 0.4) is 0 Å². The third-order valence-corrected chi connectivity index (χ3v) is 3.35. The van der Waals surface area contributed by atoms with Crippen molar-refractivity contribution in [1.29, 1.82) is 0 Å². The van der Waals surface area contributed by atoms with Crippen molar-refractivity contribution < 1.29 is 4.74 Å². The standard InChI is InChI=1S/C16H23N3O/c1-5-14-6-8-15(9-7-14)18-16-17-12(2)10-19(16)13(3)11-20-4/h6-10,13H,5,11H2,1-4H3,(H,17,18). The molecule has 0 bridgehead atoms. The summed E-state index contributed by atoms with van der Waals surface area (Å²) in [5.74, 6) is 0.858. The highest BCUT2D eigenvalue weighted by Crippen LogP contribution is 2.21. The van der Waals surface area contributed by atoms with Crippen LogP contribution in [0.25, 0.3) is 0 Å². The first-order valence-corrected chi connectivity index (χ1v) is 7.04. The summed E-state index contributed by atoms with van der Waals surface area (Å²) >= 11 is 0. The van der Waals surface area contributed by atoms with Gasteiger partial charge in [0.2, 0.25) is 5.95 Å². The van der Waals surface area contributed by atoms with Gasteiger partial charge in [-0.3, -0.25) is 0 Å². The summed E-state index contributed by atoms with van der Waals surface area (Å²) in [6, 6.07) is 8.71. The molecule has 1 atom stereocenters. The quantitative estimate of drug-likeness (QED) is 0.872. The van der Waals surface area contributed by atoms with Crippen LogP contribution in [0.1, 0.15) is 31.1 Å². The molecular weight excluding hydrogens is 250 g/mol. The van der Waals surface area contributed by atoms with Crippen LogP contribution < -0.4 is 5.32 Å². The minimum absolute atomic E-state index is 0.249. The first-order valence-electron chi connectivity index (χ1n) is 7.04. The largest absolute Gasteiger partial charge is 0.383 e. The van der Waals surface area contributed by atoms with E-state index in [4.69, 9.17) is 4.74 Å². The van der Waals surface area contributed by atoms with E-state index >= 15 is 0 Å². The van der Waals surface area contributed by atoms with E-state index in [2.05, 4.69) is 53.0 Å². The van der Waals surface area contributed by atoms with E-state index in [1.54, 1.807) is 7.11 Å². The van der Waals surface area contributed by atoms with E-state index in [9.17, 15) is 0 Å². The molecule has 2 rings (SSSR count). The van der Waals surface area contributed by atoms with Crippen molar-refractivity contribution in [1.82, 2.24) is 9.55 Å². The van der Waals surface area contributed by atoms with Crippen LogP contribution in [0.2, 0.25) is 0 Å². The number of nitrogens with one attached hydrogen (secondary N) is 1. The molecule has 0 amide bonds. The van der Waals surface area contributed by atoms with Crippen molar-refractivity contribution in [2.24, 2.45) is 0 Å². The number of anilines is 2. The lowest BCUT2D eigenvalue weighted by Gasteiger charge is -2.16. The smallest absolute Gasteiger partial charge is 0.207 e. The molecule has 1 heterocycles. The van der Waals surface area contributed by atoms with Gasteiger partial charge in [-0.05, 0) is 38.0 Å². The van der Waals surface area contributed by atoms with E-state index in [1.807, 2.05) is 13.1 Å². The molecule has 108 valence electrons. The van der Waals surface area contributed by atoms with Gasteiger partial charge in [0.15, 0.2) is 0 Å². The summed E-state index contributed by atoms with van der Waals surface area (Å²) in [5.41, 5.74) is 3.39. The van der Waals surface area contributed by atoms with Crippen molar-refractivity contribution in [3.63, 3.8) is 0 Å². The molecule has 0 aliphatic heterocycles. The molecule has 0 radical (unpaired) electrons. The second-order valence-corrected chi connectivity index (χ2v) is 5.09. The van der Waals surface area contributed by atoms with Crippen LogP contribution in [0.5, 0.6) is 0 Å². The molecule has 4 heteroatoms. The molecule has 0 fully saturated rings. The number of hydrogen-bond donors (Lipinski definition) is 1. The summed E-state index contributed by atoms with van der Waals surface area (Å²) < 4.78 is 7.34. The van der Waals surface area contributed by atoms with Crippen LogP contribution in [-0.4, -0.2) is 23.3 Å². The summed E-state index contributed by atoms with van der Waals surface area (Å²) in [4.78, 5) is 4.55. The van der Waals surface area contributed by atoms with Gasteiger partial charge in [0.1, 0.15) is 0 Å². The Balaban J connectivity index is 2.19. The number of benzene rings is 1. The Labute approximate surface area is 120 Å². The van der Waals surface area contributed by atoms with Crippen molar-refractivity contribution in [3.8, 4) is 0 Å². The minimum atomic E-state index is 0.249.